The quantitative estimate of drug-likeness (QED) is 0.228. The fraction of sp³-hybridized carbons (Fsp3) is 0.586. The summed E-state index contributed by atoms with van der Waals surface area (Å²) in [6.07, 6.45) is 13.8. The molecule has 3 heteroatoms. The Kier molecular flexibility index (Phi) is 11.3. The second-order valence-electron chi connectivity index (χ2n) is 10.0. The fourth-order valence-corrected chi connectivity index (χ4v) is 3.98. The van der Waals surface area contributed by atoms with Crippen molar-refractivity contribution >= 4 is 0 Å². The highest BCUT2D eigenvalue weighted by atomic mass is 16.3. The van der Waals surface area contributed by atoms with Crippen molar-refractivity contribution < 1.29 is 15.3 Å². The van der Waals surface area contributed by atoms with Crippen LogP contribution in [-0.4, -0.2) is 20.9 Å². The molecule has 0 aliphatic carbocycles. The molecule has 0 bridgehead atoms. The maximum absolute atomic E-state index is 10.8. The van der Waals surface area contributed by atoms with Crippen molar-refractivity contribution in [3.05, 3.63) is 57.2 Å². The second kappa shape index (κ2) is 12.9. The molecular formula is C29H46O3. The van der Waals surface area contributed by atoms with Crippen LogP contribution >= 0.6 is 0 Å². The van der Waals surface area contributed by atoms with Crippen molar-refractivity contribution in [3.8, 4) is 11.5 Å². The Morgan fingerprint density at radius 3 is 1.78 bits per heavy atom. The van der Waals surface area contributed by atoms with Gasteiger partial charge in [0.15, 0.2) is 0 Å². The highest BCUT2D eigenvalue weighted by Gasteiger charge is 2.23. The number of allylic oxidation sites excluding steroid dienone is 6. The van der Waals surface area contributed by atoms with Crippen LogP contribution in [0.5, 0.6) is 11.5 Å². The number of phenolic OH excluding ortho intramolecular Hbond substituents is 2. The summed E-state index contributed by atoms with van der Waals surface area (Å²) in [5, 5.41) is 31.7. The SMILES string of the molecule is CC(C)=CCCC(C)=CCCC(C)=CCCC(C)(O)CCc1c(C)c(O)c(C)c(C)c1O. The molecule has 0 amide bonds. The molecule has 3 nitrogen and oxygen atoms in total. The number of phenols is 2. The predicted octanol–water partition coefficient (Wildman–Crippen LogP) is 7.91. The lowest BCUT2D eigenvalue weighted by atomic mass is 9.88. The monoisotopic (exact) mass is 442 g/mol. The number of aliphatic hydroxyl groups is 1. The van der Waals surface area contributed by atoms with Crippen molar-refractivity contribution in [1.82, 2.24) is 0 Å². The molecule has 1 aromatic carbocycles. The Labute approximate surface area is 196 Å². The zero-order valence-electron chi connectivity index (χ0n) is 21.7. The molecule has 1 aromatic rings. The van der Waals surface area contributed by atoms with Crippen molar-refractivity contribution in [2.45, 2.75) is 112 Å². The molecule has 0 heterocycles. The Morgan fingerprint density at radius 1 is 0.719 bits per heavy atom. The number of hydrogen-bond acceptors (Lipinski definition) is 3. The van der Waals surface area contributed by atoms with E-state index in [1.807, 2.05) is 27.7 Å². The largest absolute Gasteiger partial charge is 0.507 e. The number of benzene rings is 1. The Balaban J connectivity index is 2.53. The standard InChI is InChI=1S/C29H46O3/c1-20(2)12-9-13-21(3)14-10-15-22(4)16-11-18-29(8,32)19-17-26-25(7)27(30)23(5)24(6)28(26)31/h12,14,16,30-32H,9-11,13,15,17-19H2,1-8H3. The molecule has 1 rings (SSSR count). The molecule has 0 saturated carbocycles. The van der Waals surface area contributed by atoms with Crippen LogP contribution in [0.4, 0.5) is 0 Å². The van der Waals surface area contributed by atoms with E-state index in [0.717, 1.165) is 37.7 Å². The summed E-state index contributed by atoms with van der Waals surface area (Å²) in [6.45, 7) is 16.0. The van der Waals surface area contributed by atoms with Gasteiger partial charge in [-0.05, 0) is 123 Å². The molecule has 0 fully saturated rings. The van der Waals surface area contributed by atoms with Crippen LogP contribution in [0.25, 0.3) is 0 Å². The van der Waals surface area contributed by atoms with Gasteiger partial charge in [-0.15, -0.1) is 0 Å². The average molecular weight is 443 g/mol. The maximum atomic E-state index is 10.8. The number of hydrogen-bond donors (Lipinski definition) is 3. The van der Waals surface area contributed by atoms with Crippen molar-refractivity contribution in [2.24, 2.45) is 0 Å². The average Bonchev–Trinajstić information content (AvgIpc) is 2.70. The smallest absolute Gasteiger partial charge is 0.122 e. The van der Waals surface area contributed by atoms with Gasteiger partial charge in [-0.3, -0.25) is 0 Å². The highest BCUT2D eigenvalue weighted by Crippen LogP contribution is 2.37. The zero-order valence-corrected chi connectivity index (χ0v) is 21.7. The normalized spacial score (nSPS) is 14.4. The van der Waals surface area contributed by atoms with Crippen LogP contribution in [0.15, 0.2) is 34.9 Å². The highest BCUT2D eigenvalue weighted by molar-refractivity contribution is 5.56. The third kappa shape index (κ3) is 9.24. The molecule has 180 valence electrons. The summed E-state index contributed by atoms with van der Waals surface area (Å²) in [5.41, 5.74) is 6.26. The van der Waals surface area contributed by atoms with Gasteiger partial charge in [0.05, 0.1) is 5.60 Å². The molecule has 1 atom stereocenters. The molecule has 3 N–H and O–H groups in total. The van der Waals surface area contributed by atoms with E-state index in [0.29, 0.717) is 36.0 Å². The van der Waals surface area contributed by atoms with Gasteiger partial charge in [0.2, 0.25) is 0 Å². The predicted molar refractivity (Wildman–Crippen MR) is 138 cm³/mol. The third-order valence-corrected chi connectivity index (χ3v) is 6.58. The van der Waals surface area contributed by atoms with Crippen LogP contribution < -0.4 is 0 Å². The van der Waals surface area contributed by atoms with Gasteiger partial charge in [-0.25, -0.2) is 0 Å². The Morgan fingerprint density at radius 2 is 1.22 bits per heavy atom. The van der Waals surface area contributed by atoms with E-state index in [4.69, 9.17) is 0 Å². The summed E-state index contributed by atoms with van der Waals surface area (Å²) in [6, 6.07) is 0. The first-order valence-corrected chi connectivity index (χ1v) is 12.0. The van der Waals surface area contributed by atoms with Crippen LogP contribution in [0.3, 0.4) is 0 Å². The Bertz CT molecular complexity index is 821. The van der Waals surface area contributed by atoms with E-state index in [9.17, 15) is 15.3 Å². The van der Waals surface area contributed by atoms with Crippen LogP contribution in [-0.2, 0) is 6.42 Å². The first kappa shape index (κ1) is 28.0. The molecule has 0 aromatic heterocycles. The summed E-state index contributed by atoms with van der Waals surface area (Å²) < 4.78 is 0. The van der Waals surface area contributed by atoms with Gasteiger partial charge >= 0.3 is 0 Å². The lowest BCUT2D eigenvalue weighted by Gasteiger charge is -2.24. The molecule has 32 heavy (non-hydrogen) atoms. The maximum Gasteiger partial charge on any atom is 0.122 e. The van der Waals surface area contributed by atoms with E-state index in [2.05, 4.69) is 45.9 Å². The van der Waals surface area contributed by atoms with Gasteiger partial charge in [-0.2, -0.15) is 0 Å². The molecular weight excluding hydrogens is 396 g/mol. The molecule has 1 unspecified atom stereocenters. The van der Waals surface area contributed by atoms with Crippen LogP contribution in [0.1, 0.15) is 102 Å². The van der Waals surface area contributed by atoms with Crippen LogP contribution in [0.2, 0.25) is 0 Å². The van der Waals surface area contributed by atoms with Crippen LogP contribution in [0, 0.1) is 20.8 Å². The minimum absolute atomic E-state index is 0.244. The summed E-state index contributed by atoms with van der Waals surface area (Å²) in [5.74, 6) is 0.489. The lowest BCUT2D eigenvalue weighted by Crippen LogP contribution is -2.24. The van der Waals surface area contributed by atoms with Gasteiger partial charge in [0, 0.05) is 5.56 Å². The number of rotatable bonds is 12. The Hall–Kier alpha value is -2.00. The minimum atomic E-state index is -0.814. The van der Waals surface area contributed by atoms with E-state index in [1.165, 1.54) is 16.7 Å². The van der Waals surface area contributed by atoms with Crippen molar-refractivity contribution in [2.75, 3.05) is 0 Å². The second-order valence-corrected chi connectivity index (χ2v) is 10.0. The molecule has 0 aliphatic rings. The van der Waals surface area contributed by atoms with Crippen molar-refractivity contribution in [3.63, 3.8) is 0 Å². The lowest BCUT2D eigenvalue weighted by molar-refractivity contribution is 0.0431. The summed E-state index contributed by atoms with van der Waals surface area (Å²) in [4.78, 5) is 0. The topological polar surface area (TPSA) is 60.7 Å². The third-order valence-electron chi connectivity index (χ3n) is 6.58. The molecule has 0 aliphatic heterocycles. The summed E-state index contributed by atoms with van der Waals surface area (Å²) >= 11 is 0. The first-order chi connectivity index (χ1) is 14.9. The molecule has 0 saturated heterocycles. The van der Waals surface area contributed by atoms with Gasteiger partial charge < -0.3 is 15.3 Å². The molecule has 0 radical (unpaired) electrons. The van der Waals surface area contributed by atoms with E-state index < -0.39 is 5.60 Å². The van der Waals surface area contributed by atoms with E-state index >= 15 is 0 Å². The van der Waals surface area contributed by atoms with Gasteiger partial charge in [0.25, 0.3) is 0 Å². The number of aromatic hydroxyl groups is 2. The minimum Gasteiger partial charge on any atom is -0.507 e. The van der Waals surface area contributed by atoms with Gasteiger partial charge in [0.1, 0.15) is 11.5 Å². The van der Waals surface area contributed by atoms with Gasteiger partial charge in [-0.1, -0.05) is 34.9 Å². The fourth-order valence-electron chi connectivity index (χ4n) is 3.98. The zero-order chi connectivity index (χ0) is 24.5. The van der Waals surface area contributed by atoms with Crippen molar-refractivity contribution in [1.29, 1.82) is 0 Å². The van der Waals surface area contributed by atoms with E-state index in [-0.39, 0.29) is 11.5 Å². The summed E-state index contributed by atoms with van der Waals surface area (Å²) in [7, 11) is 0. The molecule has 0 spiro atoms. The first-order valence-electron chi connectivity index (χ1n) is 12.0. The van der Waals surface area contributed by atoms with E-state index in [1.54, 1.807) is 0 Å².